The summed E-state index contributed by atoms with van der Waals surface area (Å²) in [6.45, 7) is 3.96. The Morgan fingerprint density at radius 1 is 0.900 bits per heavy atom. The van der Waals surface area contributed by atoms with E-state index in [1.54, 1.807) is 0 Å². The number of ether oxygens (including phenoxy) is 1. The monoisotopic (exact) mass is 271 g/mol. The van der Waals surface area contributed by atoms with E-state index in [4.69, 9.17) is 10.5 Å². The Kier molecular flexibility index (Phi) is 4.77. The van der Waals surface area contributed by atoms with Gasteiger partial charge >= 0.3 is 0 Å². The molecular formula is C17H21NO2. The van der Waals surface area contributed by atoms with Crippen LogP contribution in [0.5, 0.6) is 5.75 Å². The Morgan fingerprint density at radius 2 is 1.50 bits per heavy atom. The second kappa shape index (κ2) is 6.55. The lowest BCUT2D eigenvalue weighted by Gasteiger charge is -2.20. The first-order valence-corrected chi connectivity index (χ1v) is 6.83. The van der Waals surface area contributed by atoms with Crippen molar-refractivity contribution in [3.05, 3.63) is 65.7 Å². The lowest BCUT2D eigenvalue weighted by molar-refractivity contribution is 0.147. The van der Waals surface area contributed by atoms with Gasteiger partial charge in [0.25, 0.3) is 0 Å². The van der Waals surface area contributed by atoms with Gasteiger partial charge in [0.2, 0.25) is 0 Å². The molecule has 0 aromatic heterocycles. The molecule has 2 unspecified atom stereocenters. The number of benzene rings is 2. The Bertz CT molecular complexity index is 522. The third-order valence-electron chi connectivity index (χ3n) is 3.12. The van der Waals surface area contributed by atoms with Crippen molar-refractivity contribution in [1.82, 2.24) is 0 Å². The van der Waals surface area contributed by atoms with Crippen LogP contribution in [0.3, 0.4) is 0 Å². The zero-order valence-corrected chi connectivity index (χ0v) is 11.9. The summed E-state index contributed by atoms with van der Waals surface area (Å²) in [5, 5.41) is 10.3. The zero-order chi connectivity index (χ0) is 14.5. The highest BCUT2D eigenvalue weighted by atomic mass is 16.5. The summed E-state index contributed by atoms with van der Waals surface area (Å²) in [5.74, 6) is 0.796. The lowest BCUT2D eigenvalue weighted by atomic mass is 9.97. The second-order valence-corrected chi connectivity index (χ2v) is 5.12. The number of rotatable bonds is 5. The predicted molar refractivity (Wildman–Crippen MR) is 80.5 cm³/mol. The van der Waals surface area contributed by atoms with E-state index in [0.717, 1.165) is 16.9 Å². The van der Waals surface area contributed by atoms with Crippen molar-refractivity contribution in [2.24, 2.45) is 5.73 Å². The van der Waals surface area contributed by atoms with Gasteiger partial charge in [-0.1, -0.05) is 42.5 Å². The molecular weight excluding hydrogens is 250 g/mol. The molecule has 0 bridgehead atoms. The highest BCUT2D eigenvalue weighted by molar-refractivity contribution is 5.31. The topological polar surface area (TPSA) is 55.5 Å². The molecule has 0 spiro atoms. The average molecular weight is 271 g/mol. The maximum absolute atomic E-state index is 10.3. The van der Waals surface area contributed by atoms with Gasteiger partial charge in [-0.05, 0) is 37.1 Å². The standard InChI is InChI=1S/C17H21NO2/c1-12(2)20-15-10-8-14(9-11-15)17(19)16(18)13-6-4-3-5-7-13/h3-12,16-17,19H,18H2,1-2H3. The van der Waals surface area contributed by atoms with Gasteiger partial charge in [-0.15, -0.1) is 0 Å². The van der Waals surface area contributed by atoms with Crippen LogP contribution in [0.15, 0.2) is 54.6 Å². The van der Waals surface area contributed by atoms with Crippen LogP contribution in [-0.2, 0) is 0 Å². The fourth-order valence-electron chi connectivity index (χ4n) is 2.08. The smallest absolute Gasteiger partial charge is 0.119 e. The van der Waals surface area contributed by atoms with Gasteiger partial charge in [0, 0.05) is 0 Å². The first-order chi connectivity index (χ1) is 9.58. The summed E-state index contributed by atoms with van der Waals surface area (Å²) >= 11 is 0. The van der Waals surface area contributed by atoms with Crippen molar-refractivity contribution < 1.29 is 9.84 Å². The summed E-state index contributed by atoms with van der Waals surface area (Å²) in [6, 6.07) is 16.6. The summed E-state index contributed by atoms with van der Waals surface area (Å²) in [7, 11) is 0. The molecule has 0 aliphatic rings. The Morgan fingerprint density at radius 3 is 2.05 bits per heavy atom. The summed E-state index contributed by atoms with van der Waals surface area (Å²) in [6.07, 6.45) is -0.595. The molecule has 0 fully saturated rings. The van der Waals surface area contributed by atoms with Gasteiger partial charge < -0.3 is 15.6 Å². The maximum atomic E-state index is 10.3. The van der Waals surface area contributed by atoms with Crippen molar-refractivity contribution >= 4 is 0 Å². The zero-order valence-electron chi connectivity index (χ0n) is 11.9. The molecule has 0 heterocycles. The van der Waals surface area contributed by atoms with E-state index in [2.05, 4.69) is 0 Å². The van der Waals surface area contributed by atoms with Gasteiger partial charge in [-0.3, -0.25) is 0 Å². The Balaban J connectivity index is 2.11. The Hall–Kier alpha value is -1.84. The molecule has 3 heteroatoms. The quantitative estimate of drug-likeness (QED) is 0.878. The van der Waals surface area contributed by atoms with Crippen LogP contribution in [-0.4, -0.2) is 11.2 Å². The highest BCUT2D eigenvalue weighted by Crippen LogP contribution is 2.27. The van der Waals surface area contributed by atoms with E-state index >= 15 is 0 Å². The molecule has 0 radical (unpaired) electrons. The lowest BCUT2D eigenvalue weighted by Crippen LogP contribution is -2.19. The molecule has 0 saturated carbocycles. The normalized spacial score (nSPS) is 14.1. The first-order valence-electron chi connectivity index (χ1n) is 6.83. The van der Waals surface area contributed by atoms with Crippen LogP contribution in [0, 0.1) is 0 Å². The van der Waals surface area contributed by atoms with Gasteiger partial charge in [0.05, 0.1) is 18.2 Å². The number of hydrogen-bond donors (Lipinski definition) is 2. The molecule has 2 aromatic carbocycles. The largest absolute Gasteiger partial charge is 0.491 e. The van der Waals surface area contributed by atoms with E-state index in [9.17, 15) is 5.11 Å². The minimum Gasteiger partial charge on any atom is -0.491 e. The van der Waals surface area contributed by atoms with Crippen molar-refractivity contribution in [2.45, 2.75) is 32.1 Å². The molecule has 2 rings (SSSR count). The molecule has 0 saturated heterocycles. The SMILES string of the molecule is CC(C)Oc1ccc(C(O)C(N)c2ccccc2)cc1. The van der Waals surface area contributed by atoms with Crippen molar-refractivity contribution in [1.29, 1.82) is 0 Å². The number of hydrogen-bond acceptors (Lipinski definition) is 3. The molecule has 20 heavy (non-hydrogen) atoms. The molecule has 106 valence electrons. The maximum Gasteiger partial charge on any atom is 0.119 e. The minimum atomic E-state index is -0.731. The molecule has 0 aliphatic heterocycles. The predicted octanol–water partition coefficient (Wildman–Crippen LogP) is 3.21. The van der Waals surface area contributed by atoms with E-state index in [1.807, 2.05) is 68.4 Å². The van der Waals surface area contributed by atoms with Crippen LogP contribution in [0.25, 0.3) is 0 Å². The van der Waals surface area contributed by atoms with Crippen LogP contribution < -0.4 is 10.5 Å². The second-order valence-electron chi connectivity index (χ2n) is 5.12. The van der Waals surface area contributed by atoms with Crippen molar-refractivity contribution in [3.63, 3.8) is 0 Å². The van der Waals surface area contributed by atoms with Crippen molar-refractivity contribution in [3.8, 4) is 5.75 Å². The molecule has 0 amide bonds. The summed E-state index contributed by atoms with van der Waals surface area (Å²) in [5.41, 5.74) is 7.82. The van der Waals surface area contributed by atoms with Gasteiger partial charge in [-0.25, -0.2) is 0 Å². The molecule has 0 aliphatic carbocycles. The van der Waals surface area contributed by atoms with Crippen molar-refractivity contribution in [2.75, 3.05) is 0 Å². The molecule has 2 aromatic rings. The van der Waals surface area contributed by atoms with Crippen LogP contribution >= 0.6 is 0 Å². The first kappa shape index (κ1) is 14.6. The number of nitrogens with two attached hydrogens (primary N) is 1. The third kappa shape index (κ3) is 3.59. The Labute approximate surface area is 120 Å². The van der Waals surface area contributed by atoms with Crippen LogP contribution in [0.1, 0.15) is 37.1 Å². The van der Waals surface area contributed by atoms with Crippen LogP contribution in [0.2, 0.25) is 0 Å². The molecule has 3 N–H and O–H groups in total. The van der Waals surface area contributed by atoms with E-state index in [1.165, 1.54) is 0 Å². The minimum absolute atomic E-state index is 0.136. The van der Waals surface area contributed by atoms with E-state index in [-0.39, 0.29) is 6.10 Å². The van der Waals surface area contributed by atoms with Gasteiger partial charge in [-0.2, -0.15) is 0 Å². The molecule has 3 nitrogen and oxygen atoms in total. The third-order valence-corrected chi connectivity index (χ3v) is 3.12. The molecule has 2 atom stereocenters. The van der Waals surface area contributed by atoms with Gasteiger partial charge in [0.1, 0.15) is 5.75 Å². The summed E-state index contributed by atoms with van der Waals surface area (Å²) in [4.78, 5) is 0. The van der Waals surface area contributed by atoms with Gasteiger partial charge in [0.15, 0.2) is 0 Å². The fourth-order valence-corrected chi connectivity index (χ4v) is 2.08. The van der Waals surface area contributed by atoms with E-state index < -0.39 is 12.1 Å². The fraction of sp³-hybridized carbons (Fsp3) is 0.294. The van der Waals surface area contributed by atoms with E-state index in [0.29, 0.717) is 0 Å². The number of aliphatic hydroxyl groups is 1. The highest BCUT2D eigenvalue weighted by Gasteiger charge is 2.18. The van der Waals surface area contributed by atoms with Crippen LogP contribution in [0.4, 0.5) is 0 Å². The average Bonchev–Trinajstić information content (AvgIpc) is 2.47. The number of aliphatic hydroxyl groups excluding tert-OH is 1. The summed E-state index contributed by atoms with van der Waals surface area (Å²) < 4.78 is 5.58.